The Morgan fingerprint density at radius 3 is 2.88 bits per heavy atom. The smallest absolute Gasteiger partial charge is 0.251 e. The van der Waals surface area contributed by atoms with E-state index in [9.17, 15) is 9.90 Å². The van der Waals surface area contributed by atoms with Crippen molar-refractivity contribution < 1.29 is 14.6 Å². The molecule has 0 aliphatic carbocycles. The van der Waals surface area contributed by atoms with Crippen LogP contribution in [0.4, 0.5) is 0 Å². The summed E-state index contributed by atoms with van der Waals surface area (Å²) in [6, 6.07) is 5.00. The van der Waals surface area contributed by atoms with Crippen LogP contribution in [0.5, 0.6) is 5.75 Å². The van der Waals surface area contributed by atoms with Crippen LogP contribution < -0.4 is 5.32 Å². The molecule has 1 heterocycles. The van der Waals surface area contributed by atoms with Crippen LogP contribution in [0, 0.1) is 6.92 Å². The molecule has 0 aromatic heterocycles. The molecule has 4 heteroatoms. The molecule has 2 unspecified atom stereocenters. The molecule has 1 fully saturated rings. The Balaban J connectivity index is 2.06. The molecule has 0 bridgehead atoms. The third kappa shape index (κ3) is 2.58. The summed E-state index contributed by atoms with van der Waals surface area (Å²) in [6.45, 7) is 4.43. The number of phenolic OH excluding ortho intramolecular Hbond substituents is 1. The highest BCUT2D eigenvalue weighted by molar-refractivity contribution is 5.94. The minimum atomic E-state index is -0.164. The summed E-state index contributed by atoms with van der Waals surface area (Å²) in [5.41, 5.74) is 1.24. The van der Waals surface area contributed by atoms with Crippen molar-refractivity contribution >= 4 is 5.91 Å². The van der Waals surface area contributed by atoms with Crippen molar-refractivity contribution in [2.45, 2.75) is 32.4 Å². The van der Waals surface area contributed by atoms with Crippen molar-refractivity contribution in [3.8, 4) is 5.75 Å². The Bertz CT molecular complexity index is 431. The van der Waals surface area contributed by atoms with Crippen molar-refractivity contribution in [2.75, 3.05) is 6.61 Å². The number of amides is 1. The van der Waals surface area contributed by atoms with Gasteiger partial charge in [0.15, 0.2) is 0 Å². The van der Waals surface area contributed by atoms with Gasteiger partial charge in [0.1, 0.15) is 5.75 Å². The van der Waals surface area contributed by atoms with E-state index < -0.39 is 0 Å². The summed E-state index contributed by atoms with van der Waals surface area (Å²) in [6.07, 6.45) is 0.892. The number of aryl methyl sites for hydroxylation is 1. The quantitative estimate of drug-likeness (QED) is 0.818. The third-order valence-electron chi connectivity index (χ3n) is 3.16. The number of carbonyl (C=O) groups is 1. The minimum Gasteiger partial charge on any atom is -0.508 e. The topological polar surface area (TPSA) is 58.6 Å². The maximum absolute atomic E-state index is 11.9. The first-order valence-corrected chi connectivity index (χ1v) is 5.80. The van der Waals surface area contributed by atoms with Gasteiger partial charge in [0.25, 0.3) is 5.91 Å². The lowest BCUT2D eigenvalue weighted by molar-refractivity contribution is 0.0866. The van der Waals surface area contributed by atoms with Gasteiger partial charge in [-0.3, -0.25) is 4.79 Å². The van der Waals surface area contributed by atoms with E-state index in [0.717, 1.165) is 12.0 Å². The minimum absolute atomic E-state index is 0.0537. The highest BCUT2D eigenvalue weighted by Crippen LogP contribution is 2.18. The van der Waals surface area contributed by atoms with Gasteiger partial charge in [0, 0.05) is 12.2 Å². The van der Waals surface area contributed by atoms with E-state index in [1.807, 2.05) is 6.92 Å². The molecule has 1 aromatic rings. The van der Waals surface area contributed by atoms with E-state index in [4.69, 9.17) is 4.74 Å². The number of rotatable bonds is 2. The average molecular weight is 235 g/mol. The zero-order valence-corrected chi connectivity index (χ0v) is 10.1. The summed E-state index contributed by atoms with van der Waals surface area (Å²) in [7, 11) is 0. The normalized spacial score (nSPS) is 23.6. The first-order chi connectivity index (χ1) is 8.08. The second-order valence-corrected chi connectivity index (χ2v) is 4.45. The lowest BCUT2D eigenvalue weighted by Gasteiger charge is -2.16. The van der Waals surface area contributed by atoms with Crippen LogP contribution in [0.25, 0.3) is 0 Å². The molecule has 1 aliphatic heterocycles. The molecule has 2 atom stereocenters. The van der Waals surface area contributed by atoms with Crippen LogP contribution in [0.1, 0.15) is 29.3 Å². The standard InChI is InChI=1S/C13H17NO3/c1-8-3-4-10(7-12(8)15)13(16)14-11-5-6-17-9(11)2/h3-4,7,9,11,15H,5-6H2,1-2H3,(H,14,16). The molecule has 92 valence electrons. The van der Waals surface area contributed by atoms with Crippen LogP contribution in [-0.2, 0) is 4.74 Å². The second kappa shape index (κ2) is 4.75. The van der Waals surface area contributed by atoms with Gasteiger partial charge < -0.3 is 15.2 Å². The second-order valence-electron chi connectivity index (χ2n) is 4.45. The molecule has 1 amide bonds. The SMILES string of the molecule is Cc1ccc(C(=O)NC2CCOC2C)cc1O. The third-order valence-corrected chi connectivity index (χ3v) is 3.16. The van der Waals surface area contributed by atoms with E-state index >= 15 is 0 Å². The number of nitrogens with one attached hydrogen (secondary N) is 1. The Morgan fingerprint density at radius 2 is 2.29 bits per heavy atom. The molecular formula is C13H17NO3. The summed E-state index contributed by atoms with van der Waals surface area (Å²) in [5, 5.41) is 12.5. The van der Waals surface area contributed by atoms with Crippen LogP contribution in [-0.4, -0.2) is 29.8 Å². The van der Waals surface area contributed by atoms with Gasteiger partial charge in [-0.05, 0) is 38.0 Å². The molecule has 1 aromatic carbocycles. The molecular weight excluding hydrogens is 218 g/mol. The van der Waals surface area contributed by atoms with E-state index in [2.05, 4.69) is 5.32 Å². The van der Waals surface area contributed by atoms with E-state index in [1.54, 1.807) is 19.1 Å². The molecule has 1 aliphatic rings. The average Bonchev–Trinajstić information content (AvgIpc) is 2.68. The molecule has 4 nitrogen and oxygen atoms in total. The fourth-order valence-electron chi connectivity index (χ4n) is 1.92. The van der Waals surface area contributed by atoms with Crippen LogP contribution >= 0.6 is 0 Å². The number of aromatic hydroxyl groups is 1. The van der Waals surface area contributed by atoms with Crippen LogP contribution in [0.3, 0.4) is 0 Å². The largest absolute Gasteiger partial charge is 0.508 e. The van der Waals surface area contributed by atoms with Gasteiger partial charge in [-0.2, -0.15) is 0 Å². The summed E-state index contributed by atoms with van der Waals surface area (Å²) in [4.78, 5) is 11.9. The van der Waals surface area contributed by atoms with E-state index in [0.29, 0.717) is 12.2 Å². The van der Waals surface area contributed by atoms with Crippen molar-refractivity contribution in [3.63, 3.8) is 0 Å². The number of phenols is 1. The molecule has 2 N–H and O–H groups in total. The maximum Gasteiger partial charge on any atom is 0.251 e. The molecule has 0 radical (unpaired) electrons. The Kier molecular flexibility index (Phi) is 3.33. The number of hydrogen-bond acceptors (Lipinski definition) is 3. The summed E-state index contributed by atoms with van der Waals surface area (Å²) in [5.74, 6) is -0.0176. The highest BCUT2D eigenvalue weighted by atomic mass is 16.5. The Morgan fingerprint density at radius 1 is 1.53 bits per heavy atom. The first kappa shape index (κ1) is 11.9. The maximum atomic E-state index is 11.9. The lowest BCUT2D eigenvalue weighted by atomic mass is 10.1. The fraction of sp³-hybridized carbons (Fsp3) is 0.462. The van der Waals surface area contributed by atoms with Gasteiger partial charge in [0.2, 0.25) is 0 Å². The molecule has 1 saturated heterocycles. The van der Waals surface area contributed by atoms with Crippen molar-refractivity contribution in [1.82, 2.24) is 5.32 Å². The van der Waals surface area contributed by atoms with Gasteiger partial charge in [-0.15, -0.1) is 0 Å². The Labute approximate surface area is 101 Å². The first-order valence-electron chi connectivity index (χ1n) is 5.80. The van der Waals surface area contributed by atoms with Crippen LogP contribution in [0.15, 0.2) is 18.2 Å². The molecule has 17 heavy (non-hydrogen) atoms. The number of ether oxygens (including phenoxy) is 1. The van der Waals surface area contributed by atoms with Crippen molar-refractivity contribution in [1.29, 1.82) is 0 Å². The van der Waals surface area contributed by atoms with Crippen molar-refractivity contribution in [2.24, 2.45) is 0 Å². The zero-order chi connectivity index (χ0) is 12.4. The molecule has 0 spiro atoms. The predicted molar refractivity (Wildman–Crippen MR) is 64.1 cm³/mol. The zero-order valence-electron chi connectivity index (χ0n) is 10.1. The van der Waals surface area contributed by atoms with E-state index in [-0.39, 0.29) is 23.8 Å². The highest BCUT2D eigenvalue weighted by Gasteiger charge is 2.26. The molecule has 2 rings (SSSR count). The van der Waals surface area contributed by atoms with Gasteiger partial charge in [-0.25, -0.2) is 0 Å². The predicted octanol–water partition coefficient (Wildman–Crippen LogP) is 1.61. The Hall–Kier alpha value is -1.55. The summed E-state index contributed by atoms with van der Waals surface area (Å²) >= 11 is 0. The monoisotopic (exact) mass is 235 g/mol. The fourth-order valence-corrected chi connectivity index (χ4v) is 1.92. The number of hydrogen-bond donors (Lipinski definition) is 2. The van der Waals surface area contributed by atoms with Gasteiger partial charge in [-0.1, -0.05) is 6.07 Å². The van der Waals surface area contributed by atoms with Crippen molar-refractivity contribution in [3.05, 3.63) is 29.3 Å². The van der Waals surface area contributed by atoms with Crippen LogP contribution in [0.2, 0.25) is 0 Å². The number of carbonyl (C=O) groups excluding carboxylic acids is 1. The van der Waals surface area contributed by atoms with Gasteiger partial charge in [0.05, 0.1) is 12.1 Å². The molecule has 0 saturated carbocycles. The van der Waals surface area contributed by atoms with Gasteiger partial charge >= 0.3 is 0 Å². The number of benzene rings is 1. The lowest BCUT2D eigenvalue weighted by Crippen LogP contribution is -2.39. The summed E-state index contributed by atoms with van der Waals surface area (Å²) < 4.78 is 5.38. The van der Waals surface area contributed by atoms with E-state index in [1.165, 1.54) is 6.07 Å².